The van der Waals surface area contributed by atoms with Gasteiger partial charge >= 0.3 is 0 Å². The van der Waals surface area contributed by atoms with Gasteiger partial charge < -0.3 is 19.9 Å². The van der Waals surface area contributed by atoms with Crippen LogP contribution in [0.4, 0.5) is 0 Å². The summed E-state index contributed by atoms with van der Waals surface area (Å²) >= 11 is 0. The van der Waals surface area contributed by atoms with Crippen molar-refractivity contribution in [1.82, 2.24) is 14.5 Å². The highest BCUT2D eigenvalue weighted by atomic mass is 16.5. The van der Waals surface area contributed by atoms with Gasteiger partial charge in [-0.05, 0) is 12.0 Å². The lowest BCUT2D eigenvalue weighted by Gasteiger charge is -2.27. The summed E-state index contributed by atoms with van der Waals surface area (Å²) in [5.74, 6) is 1.52. The van der Waals surface area contributed by atoms with E-state index in [4.69, 9.17) is 10.5 Å². The number of aliphatic imine (C=N–C) groups is 1. The fraction of sp³-hybridized carbons (Fsp3) is 0.412. The van der Waals surface area contributed by atoms with E-state index in [1.54, 1.807) is 0 Å². The Labute approximate surface area is 136 Å². The topological polar surface area (TPSA) is 68.7 Å². The van der Waals surface area contributed by atoms with Gasteiger partial charge in [0.15, 0.2) is 5.96 Å². The Morgan fingerprint density at radius 1 is 1.22 bits per heavy atom. The average Bonchev–Trinajstić information content (AvgIpc) is 3.07. The third kappa shape index (κ3) is 4.32. The molecule has 0 aliphatic carbocycles. The summed E-state index contributed by atoms with van der Waals surface area (Å²) in [6, 6.07) is 10.5. The minimum Gasteiger partial charge on any atom is -0.378 e. The van der Waals surface area contributed by atoms with Crippen LogP contribution in [0, 0.1) is 0 Å². The van der Waals surface area contributed by atoms with Gasteiger partial charge in [-0.2, -0.15) is 0 Å². The number of nitrogens with zero attached hydrogens (tertiary/aromatic N) is 4. The molecule has 1 aliphatic heterocycles. The quantitative estimate of drug-likeness (QED) is 0.667. The van der Waals surface area contributed by atoms with Crippen molar-refractivity contribution in [2.75, 3.05) is 26.3 Å². The zero-order valence-electron chi connectivity index (χ0n) is 13.3. The lowest BCUT2D eigenvalue weighted by Crippen LogP contribution is -2.44. The second kappa shape index (κ2) is 7.78. The summed E-state index contributed by atoms with van der Waals surface area (Å²) in [5.41, 5.74) is 7.39. The molecular weight excluding hydrogens is 290 g/mol. The Morgan fingerprint density at radius 3 is 2.78 bits per heavy atom. The van der Waals surface area contributed by atoms with Crippen LogP contribution in [0.3, 0.4) is 0 Å². The monoisotopic (exact) mass is 313 g/mol. The number of hydrogen-bond acceptors (Lipinski definition) is 3. The van der Waals surface area contributed by atoms with Gasteiger partial charge in [-0.1, -0.05) is 30.3 Å². The van der Waals surface area contributed by atoms with Crippen LogP contribution in [-0.2, 0) is 24.2 Å². The minimum absolute atomic E-state index is 0.505. The van der Waals surface area contributed by atoms with E-state index in [0.717, 1.165) is 31.9 Å². The van der Waals surface area contributed by atoms with Crippen LogP contribution < -0.4 is 5.73 Å². The lowest BCUT2D eigenvalue weighted by molar-refractivity contribution is 0.0674. The standard InChI is InChI=1S/C17H23N5O/c18-17(22-10-12-23-13-11-22)20-14-16-19-7-9-21(16)8-6-15-4-2-1-3-5-15/h1-5,7,9H,6,8,10-14H2,(H2,18,20). The molecule has 0 amide bonds. The Kier molecular flexibility index (Phi) is 5.26. The SMILES string of the molecule is NC(=NCc1nccn1CCc1ccccc1)N1CCOCC1. The molecule has 3 rings (SSSR count). The lowest BCUT2D eigenvalue weighted by atomic mass is 10.1. The molecular formula is C17H23N5O. The second-order valence-corrected chi connectivity index (χ2v) is 5.55. The van der Waals surface area contributed by atoms with Crippen molar-refractivity contribution in [2.45, 2.75) is 19.5 Å². The molecule has 0 bridgehead atoms. The van der Waals surface area contributed by atoms with Crippen molar-refractivity contribution in [1.29, 1.82) is 0 Å². The molecule has 0 saturated carbocycles. The summed E-state index contributed by atoms with van der Waals surface area (Å²) in [7, 11) is 0. The number of aromatic nitrogens is 2. The number of guanidine groups is 1. The minimum atomic E-state index is 0.505. The molecule has 0 spiro atoms. The van der Waals surface area contributed by atoms with Crippen LogP contribution in [0.2, 0.25) is 0 Å². The van der Waals surface area contributed by atoms with E-state index in [-0.39, 0.29) is 0 Å². The summed E-state index contributed by atoms with van der Waals surface area (Å²) in [5, 5.41) is 0. The number of rotatable bonds is 5. The maximum absolute atomic E-state index is 6.06. The molecule has 0 radical (unpaired) electrons. The molecule has 6 nitrogen and oxygen atoms in total. The van der Waals surface area contributed by atoms with Gasteiger partial charge in [-0.25, -0.2) is 9.98 Å². The first-order valence-electron chi connectivity index (χ1n) is 7.99. The van der Waals surface area contributed by atoms with Crippen LogP contribution in [0.25, 0.3) is 0 Å². The van der Waals surface area contributed by atoms with Crippen molar-refractivity contribution >= 4 is 5.96 Å². The molecule has 1 fully saturated rings. The number of morpholine rings is 1. The molecule has 1 aliphatic rings. The Balaban J connectivity index is 1.57. The molecule has 2 heterocycles. The van der Waals surface area contributed by atoms with Gasteiger partial charge in [-0.3, -0.25) is 0 Å². The Bertz CT molecular complexity index is 631. The first-order chi connectivity index (χ1) is 11.3. The van der Waals surface area contributed by atoms with E-state index in [9.17, 15) is 0 Å². The van der Waals surface area contributed by atoms with Gasteiger partial charge in [0.1, 0.15) is 12.4 Å². The van der Waals surface area contributed by atoms with E-state index in [2.05, 4.69) is 43.7 Å². The fourth-order valence-electron chi connectivity index (χ4n) is 2.63. The van der Waals surface area contributed by atoms with Gasteiger partial charge in [0, 0.05) is 32.0 Å². The summed E-state index contributed by atoms with van der Waals surface area (Å²) < 4.78 is 7.47. The third-order valence-corrected chi connectivity index (χ3v) is 4.00. The van der Waals surface area contributed by atoms with Gasteiger partial charge in [-0.15, -0.1) is 0 Å². The summed E-state index contributed by atoms with van der Waals surface area (Å²) in [6.07, 6.45) is 4.80. The second-order valence-electron chi connectivity index (χ2n) is 5.55. The van der Waals surface area contributed by atoms with Crippen LogP contribution in [0.15, 0.2) is 47.7 Å². The first-order valence-corrected chi connectivity index (χ1v) is 7.99. The average molecular weight is 313 g/mol. The Morgan fingerprint density at radius 2 is 2.00 bits per heavy atom. The summed E-state index contributed by atoms with van der Waals surface area (Å²) in [6.45, 7) is 4.43. The number of hydrogen-bond donors (Lipinski definition) is 1. The Hall–Kier alpha value is -2.34. The molecule has 0 unspecified atom stereocenters. The van der Waals surface area contributed by atoms with Crippen molar-refractivity contribution in [3.05, 3.63) is 54.1 Å². The zero-order valence-corrected chi connectivity index (χ0v) is 13.3. The van der Waals surface area contributed by atoms with Crippen LogP contribution in [0.5, 0.6) is 0 Å². The normalized spacial score (nSPS) is 15.8. The molecule has 0 atom stereocenters. The number of aryl methyl sites for hydroxylation is 2. The van der Waals surface area contributed by atoms with Gasteiger partial charge in [0.05, 0.1) is 13.2 Å². The van der Waals surface area contributed by atoms with Crippen molar-refractivity contribution < 1.29 is 4.74 Å². The molecule has 23 heavy (non-hydrogen) atoms. The van der Waals surface area contributed by atoms with Crippen molar-refractivity contribution in [3.8, 4) is 0 Å². The maximum Gasteiger partial charge on any atom is 0.191 e. The predicted octanol–water partition coefficient (Wildman–Crippen LogP) is 1.27. The zero-order chi connectivity index (χ0) is 15.9. The van der Waals surface area contributed by atoms with Crippen molar-refractivity contribution in [3.63, 3.8) is 0 Å². The number of benzene rings is 1. The predicted molar refractivity (Wildman–Crippen MR) is 90.1 cm³/mol. The number of nitrogens with two attached hydrogens (primary N) is 1. The fourth-order valence-corrected chi connectivity index (χ4v) is 2.63. The molecule has 6 heteroatoms. The molecule has 1 aromatic carbocycles. The highest BCUT2D eigenvalue weighted by Crippen LogP contribution is 2.06. The van der Waals surface area contributed by atoms with E-state index in [1.807, 2.05) is 18.5 Å². The molecule has 1 aromatic heterocycles. The number of imidazole rings is 1. The highest BCUT2D eigenvalue weighted by Gasteiger charge is 2.12. The van der Waals surface area contributed by atoms with Gasteiger partial charge in [0.2, 0.25) is 0 Å². The molecule has 2 aromatic rings. The van der Waals surface area contributed by atoms with Crippen LogP contribution in [0.1, 0.15) is 11.4 Å². The smallest absolute Gasteiger partial charge is 0.191 e. The van der Waals surface area contributed by atoms with Crippen LogP contribution in [-0.4, -0.2) is 46.7 Å². The third-order valence-electron chi connectivity index (χ3n) is 4.00. The van der Waals surface area contributed by atoms with E-state index >= 15 is 0 Å². The summed E-state index contributed by atoms with van der Waals surface area (Å²) in [4.78, 5) is 10.9. The maximum atomic E-state index is 6.06. The highest BCUT2D eigenvalue weighted by molar-refractivity contribution is 5.78. The van der Waals surface area contributed by atoms with E-state index in [0.29, 0.717) is 25.7 Å². The first kappa shape index (κ1) is 15.6. The molecule has 1 saturated heterocycles. The van der Waals surface area contributed by atoms with Crippen LogP contribution >= 0.6 is 0 Å². The number of ether oxygens (including phenoxy) is 1. The van der Waals surface area contributed by atoms with E-state index < -0.39 is 0 Å². The van der Waals surface area contributed by atoms with E-state index in [1.165, 1.54) is 5.56 Å². The molecule has 2 N–H and O–H groups in total. The van der Waals surface area contributed by atoms with Gasteiger partial charge in [0.25, 0.3) is 0 Å². The largest absolute Gasteiger partial charge is 0.378 e. The van der Waals surface area contributed by atoms with Crippen molar-refractivity contribution in [2.24, 2.45) is 10.7 Å². The molecule has 122 valence electrons.